The molecular weight excluding hydrogens is 277 g/mol. The normalized spacial score (nSPS) is 10.5. The molecular formula is C12H9F3N2OS. The summed E-state index contributed by atoms with van der Waals surface area (Å²) in [4.78, 5) is 15.5. The molecule has 0 aliphatic carbocycles. The van der Waals surface area contributed by atoms with Crippen molar-refractivity contribution in [2.24, 2.45) is 0 Å². The zero-order valence-electron chi connectivity index (χ0n) is 9.62. The average Bonchev–Trinajstić information content (AvgIpc) is 2.90. The van der Waals surface area contributed by atoms with Crippen molar-refractivity contribution in [1.29, 1.82) is 0 Å². The van der Waals surface area contributed by atoms with Crippen molar-refractivity contribution in [3.63, 3.8) is 0 Å². The lowest BCUT2D eigenvalue weighted by molar-refractivity contribution is -0.116. The number of carbonyl (C=O) groups excluding carboxylic acids is 1. The standard InChI is InChI=1S/C12H9F3N2OS/c13-8-2-3-9(12(15)11(8)14)17-10(18)4-1-7-5-19-6-16-7/h2-3,5-6H,1,4H2,(H,17,18). The predicted molar refractivity (Wildman–Crippen MR) is 65.4 cm³/mol. The van der Waals surface area contributed by atoms with Crippen LogP contribution in [0.1, 0.15) is 12.1 Å². The van der Waals surface area contributed by atoms with E-state index in [0.29, 0.717) is 6.42 Å². The number of amides is 1. The van der Waals surface area contributed by atoms with Crippen LogP contribution in [0.5, 0.6) is 0 Å². The molecule has 0 bridgehead atoms. The summed E-state index contributed by atoms with van der Waals surface area (Å²) in [7, 11) is 0. The van der Waals surface area contributed by atoms with Crippen LogP contribution in [0.2, 0.25) is 0 Å². The number of benzene rings is 1. The van der Waals surface area contributed by atoms with Gasteiger partial charge in [-0.2, -0.15) is 0 Å². The highest BCUT2D eigenvalue weighted by atomic mass is 32.1. The van der Waals surface area contributed by atoms with Crippen LogP contribution in [-0.2, 0) is 11.2 Å². The number of rotatable bonds is 4. The molecule has 1 aromatic carbocycles. The van der Waals surface area contributed by atoms with Gasteiger partial charge in [-0.3, -0.25) is 4.79 Å². The van der Waals surface area contributed by atoms with Crippen LogP contribution in [-0.4, -0.2) is 10.9 Å². The van der Waals surface area contributed by atoms with Crippen LogP contribution in [0.15, 0.2) is 23.0 Å². The van der Waals surface area contributed by atoms with Crippen molar-refractivity contribution >= 4 is 22.9 Å². The van der Waals surface area contributed by atoms with E-state index in [9.17, 15) is 18.0 Å². The average molecular weight is 286 g/mol. The van der Waals surface area contributed by atoms with E-state index >= 15 is 0 Å². The number of nitrogens with zero attached hydrogens (tertiary/aromatic N) is 1. The second-order valence-corrected chi connectivity index (χ2v) is 4.47. The first-order valence-electron chi connectivity index (χ1n) is 5.38. The summed E-state index contributed by atoms with van der Waals surface area (Å²) in [6.45, 7) is 0. The van der Waals surface area contributed by atoms with Gasteiger partial charge in [0.05, 0.1) is 16.9 Å². The van der Waals surface area contributed by atoms with Crippen LogP contribution in [0.25, 0.3) is 0 Å². The number of thiazole rings is 1. The van der Waals surface area contributed by atoms with Gasteiger partial charge in [-0.25, -0.2) is 18.2 Å². The Hall–Kier alpha value is -1.89. The van der Waals surface area contributed by atoms with E-state index in [-0.39, 0.29) is 12.1 Å². The van der Waals surface area contributed by atoms with E-state index in [1.165, 1.54) is 11.3 Å². The van der Waals surface area contributed by atoms with E-state index in [4.69, 9.17) is 0 Å². The number of anilines is 1. The minimum atomic E-state index is -1.60. The quantitative estimate of drug-likeness (QED) is 0.877. The molecule has 0 aliphatic rings. The summed E-state index contributed by atoms with van der Waals surface area (Å²) in [6.07, 6.45) is 0.489. The number of halogens is 3. The first-order chi connectivity index (χ1) is 9.08. The molecule has 0 fully saturated rings. The van der Waals surface area contributed by atoms with Gasteiger partial charge >= 0.3 is 0 Å². The molecule has 0 spiro atoms. The van der Waals surface area contributed by atoms with Crippen LogP contribution < -0.4 is 5.32 Å². The molecule has 0 atom stereocenters. The molecule has 1 heterocycles. The zero-order valence-corrected chi connectivity index (χ0v) is 10.4. The third kappa shape index (κ3) is 3.31. The van der Waals surface area contributed by atoms with Crippen molar-refractivity contribution in [3.8, 4) is 0 Å². The maximum atomic E-state index is 13.3. The Morgan fingerprint density at radius 3 is 2.74 bits per heavy atom. The molecule has 1 N–H and O–H groups in total. The SMILES string of the molecule is O=C(CCc1cscn1)Nc1ccc(F)c(F)c1F. The molecule has 0 aliphatic heterocycles. The van der Waals surface area contributed by atoms with E-state index < -0.39 is 23.4 Å². The van der Waals surface area contributed by atoms with Crippen molar-refractivity contribution < 1.29 is 18.0 Å². The third-order valence-corrected chi connectivity index (χ3v) is 3.04. The Morgan fingerprint density at radius 1 is 1.26 bits per heavy atom. The van der Waals surface area contributed by atoms with Gasteiger partial charge in [-0.15, -0.1) is 11.3 Å². The number of aromatic nitrogens is 1. The highest BCUT2D eigenvalue weighted by Gasteiger charge is 2.15. The second kappa shape index (κ2) is 5.83. The van der Waals surface area contributed by atoms with Crippen molar-refractivity contribution in [2.75, 3.05) is 5.32 Å². The fourth-order valence-electron chi connectivity index (χ4n) is 1.44. The highest BCUT2D eigenvalue weighted by molar-refractivity contribution is 7.07. The predicted octanol–water partition coefficient (Wildman–Crippen LogP) is 3.13. The lowest BCUT2D eigenvalue weighted by atomic mass is 10.2. The number of hydrogen-bond acceptors (Lipinski definition) is 3. The summed E-state index contributed by atoms with van der Waals surface area (Å²) in [5.74, 6) is -4.78. The Balaban J connectivity index is 1.97. The largest absolute Gasteiger partial charge is 0.323 e. The summed E-state index contributed by atoms with van der Waals surface area (Å²) in [5, 5.41) is 3.99. The maximum Gasteiger partial charge on any atom is 0.224 e. The molecule has 100 valence electrons. The number of hydrogen-bond donors (Lipinski definition) is 1. The molecule has 0 unspecified atom stereocenters. The van der Waals surface area contributed by atoms with E-state index in [1.807, 2.05) is 0 Å². The van der Waals surface area contributed by atoms with Crippen molar-refractivity contribution in [3.05, 3.63) is 46.2 Å². The molecule has 1 aromatic heterocycles. The molecule has 2 rings (SSSR count). The monoisotopic (exact) mass is 286 g/mol. The topological polar surface area (TPSA) is 42.0 Å². The maximum absolute atomic E-state index is 13.3. The summed E-state index contributed by atoms with van der Waals surface area (Å²) in [6, 6.07) is 1.74. The Labute approximate surface area is 111 Å². The lowest BCUT2D eigenvalue weighted by Gasteiger charge is -2.06. The van der Waals surface area contributed by atoms with Gasteiger partial charge in [0.25, 0.3) is 0 Å². The van der Waals surface area contributed by atoms with Gasteiger partial charge in [0.2, 0.25) is 5.91 Å². The second-order valence-electron chi connectivity index (χ2n) is 3.75. The van der Waals surface area contributed by atoms with Crippen LogP contribution in [0, 0.1) is 17.5 Å². The van der Waals surface area contributed by atoms with Gasteiger partial charge in [0.15, 0.2) is 17.5 Å². The lowest BCUT2D eigenvalue weighted by Crippen LogP contribution is -2.14. The summed E-state index contributed by atoms with van der Waals surface area (Å²) >= 11 is 1.41. The van der Waals surface area contributed by atoms with Gasteiger partial charge < -0.3 is 5.32 Å². The molecule has 0 saturated heterocycles. The van der Waals surface area contributed by atoms with Crippen molar-refractivity contribution in [1.82, 2.24) is 4.98 Å². The van der Waals surface area contributed by atoms with Crippen LogP contribution in [0.3, 0.4) is 0 Å². The van der Waals surface area contributed by atoms with Gasteiger partial charge in [0, 0.05) is 11.8 Å². The minimum Gasteiger partial charge on any atom is -0.323 e. The fraction of sp³-hybridized carbons (Fsp3) is 0.167. The Kier molecular flexibility index (Phi) is 4.16. The zero-order chi connectivity index (χ0) is 13.8. The first kappa shape index (κ1) is 13.5. The number of nitrogens with one attached hydrogen (secondary N) is 1. The number of aryl methyl sites for hydroxylation is 1. The first-order valence-corrected chi connectivity index (χ1v) is 6.32. The van der Waals surface area contributed by atoms with Gasteiger partial charge in [-0.1, -0.05) is 0 Å². The third-order valence-electron chi connectivity index (χ3n) is 2.40. The molecule has 19 heavy (non-hydrogen) atoms. The molecule has 7 heteroatoms. The van der Waals surface area contributed by atoms with Crippen LogP contribution in [0.4, 0.5) is 18.9 Å². The van der Waals surface area contributed by atoms with Crippen molar-refractivity contribution in [2.45, 2.75) is 12.8 Å². The smallest absolute Gasteiger partial charge is 0.224 e. The van der Waals surface area contributed by atoms with Crippen LogP contribution >= 0.6 is 11.3 Å². The molecule has 1 amide bonds. The fourth-order valence-corrected chi connectivity index (χ4v) is 2.03. The summed E-state index contributed by atoms with van der Waals surface area (Å²) < 4.78 is 38.9. The minimum absolute atomic E-state index is 0.0855. The number of carbonyl (C=O) groups is 1. The molecule has 0 radical (unpaired) electrons. The molecule has 0 saturated carbocycles. The summed E-state index contributed by atoms with van der Waals surface area (Å²) in [5.41, 5.74) is 2.02. The van der Waals surface area contributed by atoms with Gasteiger partial charge in [-0.05, 0) is 18.6 Å². The molecule has 2 aromatic rings. The van der Waals surface area contributed by atoms with Gasteiger partial charge in [0.1, 0.15) is 0 Å². The van der Waals surface area contributed by atoms with E-state index in [2.05, 4.69) is 10.3 Å². The highest BCUT2D eigenvalue weighted by Crippen LogP contribution is 2.19. The van der Waals surface area contributed by atoms with E-state index in [1.54, 1.807) is 10.9 Å². The Morgan fingerprint density at radius 2 is 2.05 bits per heavy atom. The Bertz CT molecular complexity index is 587. The molecule has 3 nitrogen and oxygen atoms in total. The van der Waals surface area contributed by atoms with E-state index in [0.717, 1.165) is 17.8 Å².